The molecule has 0 spiro atoms. The molecule has 1 aliphatic heterocycles. The largest absolute Gasteiger partial charge is 0.381 e. The van der Waals surface area contributed by atoms with Gasteiger partial charge in [-0.2, -0.15) is 0 Å². The van der Waals surface area contributed by atoms with Crippen LogP contribution in [0.3, 0.4) is 0 Å². The molecule has 0 unspecified atom stereocenters. The first-order valence-electron chi connectivity index (χ1n) is 7.25. The van der Waals surface area contributed by atoms with E-state index in [-0.39, 0.29) is 0 Å². The minimum atomic E-state index is 0.680. The molecule has 1 heterocycles. The monoisotopic (exact) mass is 237 g/mol. The van der Waals surface area contributed by atoms with Crippen LogP contribution in [0.25, 0.3) is 0 Å². The highest BCUT2D eigenvalue weighted by Gasteiger charge is 2.23. The van der Waals surface area contributed by atoms with Gasteiger partial charge in [-0.3, -0.25) is 0 Å². The summed E-state index contributed by atoms with van der Waals surface area (Å²) in [5.74, 6) is 1.60. The van der Waals surface area contributed by atoms with Crippen LogP contribution < -0.4 is 5.32 Å². The van der Waals surface area contributed by atoms with E-state index in [4.69, 9.17) is 4.74 Å². The van der Waals surface area contributed by atoms with Crippen molar-refractivity contribution in [2.75, 3.05) is 19.8 Å². The molecular weight excluding hydrogens is 210 g/mol. The van der Waals surface area contributed by atoms with Gasteiger partial charge in [-0.1, -0.05) is 18.6 Å². The Balaban J connectivity index is 1.79. The van der Waals surface area contributed by atoms with Crippen molar-refractivity contribution in [3.05, 3.63) is 11.6 Å². The maximum absolute atomic E-state index is 5.51. The minimum Gasteiger partial charge on any atom is -0.381 e. The second-order valence-corrected chi connectivity index (χ2v) is 5.76. The fourth-order valence-corrected chi connectivity index (χ4v) is 3.14. The molecule has 98 valence electrons. The summed E-state index contributed by atoms with van der Waals surface area (Å²) in [7, 11) is 0. The van der Waals surface area contributed by atoms with E-state index in [0.29, 0.717) is 6.04 Å². The van der Waals surface area contributed by atoms with Crippen molar-refractivity contribution in [2.24, 2.45) is 11.8 Å². The summed E-state index contributed by atoms with van der Waals surface area (Å²) in [5.41, 5.74) is 1.60. The first kappa shape index (κ1) is 13.1. The Morgan fingerprint density at radius 1 is 1.29 bits per heavy atom. The van der Waals surface area contributed by atoms with Crippen molar-refractivity contribution < 1.29 is 4.74 Å². The topological polar surface area (TPSA) is 21.3 Å². The van der Waals surface area contributed by atoms with E-state index < -0.39 is 0 Å². The maximum Gasteiger partial charge on any atom is 0.0480 e. The number of hydrogen-bond donors (Lipinski definition) is 1. The van der Waals surface area contributed by atoms with Crippen molar-refractivity contribution >= 4 is 0 Å². The molecule has 0 amide bonds. The second-order valence-electron chi connectivity index (χ2n) is 5.76. The molecule has 0 aromatic carbocycles. The lowest BCUT2D eigenvalue weighted by Crippen LogP contribution is -2.36. The molecule has 1 saturated heterocycles. The average molecular weight is 237 g/mol. The van der Waals surface area contributed by atoms with Gasteiger partial charge in [0.05, 0.1) is 0 Å². The summed E-state index contributed by atoms with van der Waals surface area (Å²) in [4.78, 5) is 0. The normalized spacial score (nSPS) is 35.2. The van der Waals surface area contributed by atoms with E-state index in [0.717, 1.165) is 31.6 Å². The third kappa shape index (κ3) is 3.82. The van der Waals surface area contributed by atoms with Gasteiger partial charge in [-0.25, -0.2) is 0 Å². The Kier molecular flexibility index (Phi) is 5.05. The van der Waals surface area contributed by atoms with Crippen molar-refractivity contribution in [1.29, 1.82) is 0 Å². The van der Waals surface area contributed by atoms with Gasteiger partial charge >= 0.3 is 0 Å². The lowest BCUT2D eigenvalue weighted by molar-refractivity contribution is 0.142. The lowest BCUT2D eigenvalue weighted by Gasteiger charge is -2.30. The molecule has 0 aromatic heterocycles. The van der Waals surface area contributed by atoms with E-state index in [1.807, 2.05) is 0 Å². The number of allylic oxidation sites excluding steroid dienone is 1. The summed E-state index contributed by atoms with van der Waals surface area (Å²) in [6.07, 6.45) is 8.75. The van der Waals surface area contributed by atoms with Crippen LogP contribution in [0, 0.1) is 11.8 Å². The fourth-order valence-electron chi connectivity index (χ4n) is 3.14. The molecule has 1 fully saturated rings. The first-order chi connectivity index (χ1) is 8.27. The summed E-state index contributed by atoms with van der Waals surface area (Å²) in [6.45, 7) is 7.76. The zero-order valence-corrected chi connectivity index (χ0v) is 11.4. The van der Waals surface area contributed by atoms with E-state index in [2.05, 4.69) is 25.2 Å². The smallest absolute Gasteiger partial charge is 0.0480 e. The standard InChI is InChI=1S/C15H27NO/c1-12-5-3-6-13(2)15(12)11-16-14-7-4-9-17-10-8-14/h5,13-16H,3-4,6-11H2,1-2H3/t13-,14+,15+/m0/s1. The van der Waals surface area contributed by atoms with E-state index in [1.165, 1.54) is 32.1 Å². The Labute approximate surface area is 106 Å². The molecule has 2 heteroatoms. The molecule has 2 rings (SSSR count). The van der Waals surface area contributed by atoms with Crippen LogP contribution in [0.1, 0.15) is 46.0 Å². The zero-order chi connectivity index (χ0) is 12.1. The Hall–Kier alpha value is -0.340. The van der Waals surface area contributed by atoms with Gasteiger partial charge in [0.25, 0.3) is 0 Å². The highest BCUT2D eigenvalue weighted by Crippen LogP contribution is 2.29. The molecule has 0 saturated carbocycles. The van der Waals surface area contributed by atoms with Crippen LogP contribution in [0.2, 0.25) is 0 Å². The van der Waals surface area contributed by atoms with Crippen LogP contribution in [-0.2, 0) is 4.74 Å². The van der Waals surface area contributed by atoms with Crippen molar-refractivity contribution in [3.8, 4) is 0 Å². The van der Waals surface area contributed by atoms with E-state index >= 15 is 0 Å². The van der Waals surface area contributed by atoms with Gasteiger partial charge in [0.15, 0.2) is 0 Å². The third-order valence-corrected chi connectivity index (χ3v) is 4.44. The van der Waals surface area contributed by atoms with Gasteiger partial charge in [0, 0.05) is 25.8 Å². The molecule has 1 N–H and O–H groups in total. The van der Waals surface area contributed by atoms with Crippen LogP contribution in [0.5, 0.6) is 0 Å². The van der Waals surface area contributed by atoms with Gasteiger partial charge < -0.3 is 10.1 Å². The lowest BCUT2D eigenvalue weighted by atomic mass is 9.80. The molecule has 2 nitrogen and oxygen atoms in total. The number of ether oxygens (including phenoxy) is 1. The summed E-state index contributed by atoms with van der Waals surface area (Å²) >= 11 is 0. The maximum atomic E-state index is 5.51. The summed E-state index contributed by atoms with van der Waals surface area (Å²) in [5, 5.41) is 3.77. The second kappa shape index (κ2) is 6.55. The molecule has 0 bridgehead atoms. The first-order valence-corrected chi connectivity index (χ1v) is 7.25. The molecule has 3 atom stereocenters. The number of nitrogens with one attached hydrogen (secondary N) is 1. The summed E-state index contributed by atoms with van der Waals surface area (Å²) in [6, 6.07) is 0.680. The highest BCUT2D eigenvalue weighted by molar-refractivity contribution is 5.09. The Morgan fingerprint density at radius 3 is 3.00 bits per heavy atom. The van der Waals surface area contributed by atoms with Crippen LogP contribution >= 0.6 is 0 Å². The Morgan fingerprint density at radius 2 is 2.18 bits per heavy atom. The molecule has 1 aliphatic carbocycles. The molecule has 0 radical (unpaired) electrons. The Bertz CT molecular complexity index is 254. The quantitative estimate of drug-likeness (QED) is 0.761. The highest BCUT2D eigenvalue weighted by atomic mass is 16.5. The van der Waals surface area contributed by atoms with Crippen LogP contribution in [0.15, 0.2) is 11.6 Å². The molecule has 0 aromatic rings. The van der Waals surface area contributed by atoms with Crippen LogP contribution in [-0.4, -0.2) is 25.8 Å². The number of rotatable bonds is 3. The van der Waals surface area contributed by atoms with Crippen molar-refractivity contribution in [3.63, 3.8) is 0 Å². The van der Waals surface area contributed by atoms with Crippen molar-refractivity contribution in [2.45, 2.75) is 52.0 Å². The van der Waals surface area contributed by atoms with E-state index in [9.17, 15) is 0 Å². The van der Waals surface area contributed by atoms with Gasteiger partial charge in [-0.15, -0.1) is 0 Å². The van der Waals surface area contributed by atoms with Gasteiger partial charge in [0.1, 0.15) is 0 Å². The fraction of sp³-hybridized carbons (Fsp3) is 0.867. The molecule has 2 aliphatic rings. The predicted molar refractivity (Wildman–Crippen MR) is 72.1 cm³/mol. The zero-order valence-electron chi connectivity index (χ0n) is 11.4. The van der Waals surface area contributed by atoms with Crippen molar-refractivity contribution in [1.82, 2.24) is 5.32 Å². The SMILES string of the molecule is CC1=CCC[C@H](C)[C@@H]1CN[C@@H]1CCCOCC1. The minimum absolute atomic E-state index is 0.680. The van der Waals surface area contributed by atoms with E-state index in [1.54, 1.807) is 5.57 Å². The third-order valence-electron chi connectivity index (χ3n) is 4.44. The molecule has 17 heavy (non-hydrogen) atoms. The molecular formula is C15H27NO. The van der Waals surface area contributed by atoms with Gasteiger partial charge in [-0.05, 0) is 50.9 Å². The van der Waals surface area contributed by atoms with Gasteiger partial charge in [0.2, 0.25) is 0 Å². The predicted octanol–water partition coefficient (Wildman–Crippen LogP) is 3.14. The van der Waals surface area contributed by atoms with Crippen LogP contribution in [0.4, 0.5) is 0 Å². The summed E-state index contributed by atoms with van der Waals surface area (Å²) < 4.78 is 5.51. The number of hydrogen-bond acceptors (Lipinski definition) is 2. The average Bonchev–Trinajstić information content (AvgIpc) is 2.57.